The van der Waals surface area contributed by atoms with Crippen LogP contribution in [-0.4, -0.2) is 8.42 Å². The van der Waals surface area contributed by atoms with Gasteiger partial charge in [0.1, 0.15) is 16.3 Å². The predicted molar refractivity (Wildman–Crippen MR) is 87.9 cm³/mol. The van der Waals surface area contributed by atoms with Crippen LogP contribution in [0.4, 0.5) is 17.1 Å². The van der Waals surface area contributed by atoms with Crippen molar-refractivity contribution in [3.05, 3.63) is 45.9 Å². The standard InChI is InChI=1S/C12H7BrClN3O2S2/c13-11-7(14)3-1-4-8(11)17-21(18,19)10-6-2-5-9-12(10)16-20-15-9/h1-6,17H. The third kappa shape index (κ3) is 2.76. The van der Waals surface area contributed by atoms with Crippen LogP contribution in [0.15, 0.2) is 54.5 Å². The fourth-order valence-electron chi connectivity index (χ4n) is 1.78. The normalized spacial score (nSPS) is 12.9. The SMILES string of the molecule is O=S(=O)(Nc1cccc(Cl)c1Br)c1cccc2c1N=S=N2. The molecule has 0 radical (unpaired) electrons. The summed E-state index contributed by atoms with van der Waals surface area (Å²) < 4.78 is 36.1. The number of benzene rings is 2. The predicted octanol–water partition coefficient (Wildman–Crippen LogP) is 4.63. The van der Waals surface area contributed by atoms with Gasteiger partial charge in [0.25, 0.3) is 10.0 Å². The number of rotatable bonds is 3. The first-order chi connectivity index (χ1) is 9.99. The van der Waals surface area contributed by atoms with Crippen molar-refractivity contribution in [2.75, 3.05) is 4.72 Å². The van der Waals surface area contributed by atoms with Gasteiger partial charge in [-0.1, -0.05) is 23.7 Å². The lowest BCUT2D eigenvalue weighted by Crippen LogP contribution is -2.13. The third-order valence-electron chi connectivity index (χ3n) is 2.73. The third-order valence-corrected chi connectivity index (χ3v) is 6.07. The van der Waals surface area contributed by atoms with Crippen molar-refractivity contribution in [1.29, 1.82) is 0 Å². The maximum absolute atomic E-state index is 12.5. The Kier molecular flexibility index (Phi) is 3.87. The molecule has 2 aromatic carbocycles. The maximum Gasteiger partial charge on any atom is 0.264 e. The molecule has 1 heterocycles. The monoisotopic (exact) mass is 403 g/mol. The van der Waals surface area contributed by atoms with Crippen LogP contribution in [-0.2, 0) is 21.4 Å². The van der Waals surface area contributed by atoms with E-state index < -0.39 is 10.0 Å². The highest BCUT2D eigenvalue weighted by Gasteiger charge is 2.23. The van der Waals surface area contributed by atoms with E-state index in [1.165, 1.54) is 6.07 Å². The minimum Gasteiger partial charge on any atom is -0.278 e. The quantitative estimate of drug-likeness (QED) is 0.691. The van der Waals surface area contributed by atoms with Gasteiger partial charge in [-0.2, -0.15) is 8.73 Å². The van der Waals surface area contributed by atoms with Crippen LogP contribution >= 0.6 is 27.5 Å². The first-order valence-electron chi connectivity index (χ1n) is 5.67. The molecule has 108 valence electrons. The molecule has 3 rings (SSSR count). The molecule has 9 heteroatoms. The Bertz CT molecular complexity index is 909. The van der Waals surface area contributed by atoms with Gasteiger partial charge in [-0.3, -0.25) is 4.72 Å². The minimum absolute atomic E-state index is 0.0839. The summed E-state index contributed by atoms with van der Waals surface area (Å²) in [5, 5.41) is 0.420. The van der Waals surface area contributed by atoms with Crippen molar-refractivity contribution in [3.63, 3.8) is 0 Å². The molecule has 0 bridgehead atoms. The number of fused-ring (bicyclic) bond motifs is 1. The van der Waals surface area contributed by atoms with Gasteiger partial charge in [-0.25, -0.2) is 8.42 Å². The summed E-state index contributed by atoms with van der Waals surface area (Å²) in [6.07, 6.45) is 0. The van der Waals surface area contributed by atoms with E-state index >= 15 is 0 Å². The number of nitrogens with zero attached hydrogens (tertiary/aromatic N) is 2. The Morgan fingerprint density at radius 3 is 2.71 bits per heavy atom. The van der Waals surface area contributed by atoms with Crippen LogP contribution < -0.4 is 4.72 Å². The minimum atomic E-state index is -3.78. The smallest absolute Gasteiger partial charge is 0.264 e. The fraction of sp³-hybridized carbons (Fsp3) is 0. The van der Waals surface area contributed by atoms with Crippen LogP contribution in [0.1, 0.15) is 0 Å². The summed E-state index contributed by atoms with van der Waals surface area (Å²) in [5.74, 6) is 0. The van der Waals surface area contributed by atoms with Gasteiger partial charge in [-0.05, 0) is 40.2 Å². The summed E-state index contributed by atoms with van der Waals surface area (Å²) in [6.45, 7) is 0. The van der Waals surface area contributed by atoms with E-state index in [-0.39, 0.29) is 4.90 Å². The van der Waals surface area contributed by atoms with E-state index in [1.807, 2.05) is 0 Å². The van der Waals surface area contributed by atoms with Crippen molar-refractivity contribution in [2.24, 2.45) is 8.73 Å². The average Bonchev–Trinajstić information content (AvgIpc) is 2.91. The van der Waals surface area contributed by atoms with Gasteiger partial charge in [0.2, 0.25) is 0 Å². The van der Waals surface area contributed by atoms with E-state index in [4.69, 9.17) is 11.6 Å². The topological polar surface area (TPSA) is 70.9 Å². The molecule has 2 aromatic rings. The molecule has 0 atom stereocenters. The number of halogens is 2. The Morgan fingerprint density at radius 1 is 1.14 bits per heavy atom. The zero-order chi connectivity index (χ0) is 15.0. The number of sulfonamides is 1. The molecule has 1 aliphatic heterocycles. The van der Waals surface area contributed by atoms with E-state index in [9.17, 15) is 8.42 Å². The molecule has 0 spiro atoms. The zero-order valence-electron chi connectivity index (χ0n) is 10.2. The van der Waals surface area contributed by atoms with Crippen molar-refractivity contribution < 1.29 is 8.42 Å². The largest absolute Gasteiger partial charge is 0.278 e. The second-order valence-electron chi connectivity index (χ2n) is 4.09. The summed E-state index contributed by atoms with van der Waals surface area (Å²) in [5.41, 5.74) is 1.27. The lowest BCUT2D eigenvalue weighted by Gasteiger charge is -2.11. The first kappa shape index (κ1) is 14.7. The molecule has 21 heavy (non-hydrogen) atoms. The molecule has 0 aliphatic carbocycles. The highest BCUT2D eigenvalue weighted by atomic mass is 79.9. The second kappa shape index (κ2) is 5.53. The maximum atomic E-state index is 12.5. The molecule has 0 amide bonds. The van der Waals surface area contributed by atoms with Crippen LogP contribution in [0, 0.1) is 0 Å². The van der Waals surface area contributed by atoms with E-state index in [2.05, 4.69) is 29.4 Å². The van der Waals surface area contributed by atoms with Gasteiger partial charge in [0, 0.05) is 0 Å². The number of nitrogens with one attached hydrogen (secondary N) is 1. The Balaban J connectivity index is 2.05. The van der Waals surface area contributed by atoms with Crippen molar-refractivity contribution in [2.45, 2.75) is 4.90 Å². The highest BCUT2D eigenvalue weighted by molar-refractivity contribution is 9.10. The van der Waals surface area contributed by atoms with E-state index in [0.717, 1.165) is 11.4 Å². The van der Waals surface area contributed by atoms with Crippen molar-refractivity contribution >= 4 is 66.0 Å². The van der Waals surface area contributed by atoms with E-state index in [0.29, 0.717) is 26.6 Å². The van der Waals surface area contributed by atoms with Gasteiger partial charge in [0.15, 0.2) is 0 Å². The number of hydrogen-bond donors (Lipinski definition) is 1. The summed E-state index contributed by atoms with van der Waals surface area (Å²) in [4.78, 5) is 0.0839. The Hall–Kier alpha value is -1.22. The van der Waals surface area contributed by atoms with Gasteiger partial charge in [-0.15, -0.1) is 0 Å². The van der Waals surface area contributed by atoms with E-state index in [1.54, 1.807) is 30.3 Å². The molecule has 0 saturated carbocycles. The van der Waals surface area contributed by atoms with Crippen LogP contribution in [0.25, 0.3) is 0 Å². The first-order valence-corrected chi connectivity index (χ1v) is 9.05. The number of hydrogen-bond acceptors (Lipinski definition) is 4. The molecule has 0 fully saturated rings. The highest BCUT2D eigenvalue weighted by Crippen LogP contribution is 2.39. The molecular weight excluding hydrogens is 398 g/mol. The van der Waals surface area contributed by atoms with Gasteiger partial charge < -0.3 is 0 Å². The van der Waals surface area contributed by atoms with Crippen LogP contribution in [0.3, 0.4) is 0 Å². The lowest BCUT2D eigenvalue weighted by atomic mass is 10.3. The summed E-state index contributed by atoms with van der Waals surface area (Å²) in [6, 6.07) is 9.78. The molecule has 0 aromatic heterocycles. The van der Waals surface area contributed by atoms with Gasteiger partial charge in [0.05, 0.1) is 26.5 Å². The zero-order valence-corrected chi connectivity index (χ0v) is 14.2. The molecule has 5 nitrogen and oxygen atoms in total. The summed E-state index contributed by atoms with van der Waals surface area (Å²) >= 11 is 10.2. The molecule has 1 aliphatic rings. The number of anilines is 1. The lowest BCUT2D eigenvalue weighted by molar-refractivity contribution is 0.601. The van der Waals surface area contributed by atoms with Crippen molar-refractivity contribution in [3.8, 4) is 0 Å². The summed E-state index contributed by atoms with van der Waals surface area (Å²) in [7, 11) is -3.78. The molecular formula is C12H7BrClN3O2S2. The van der Waals surface area contributed by atoms with Crippen LogP contribution in [0.2, 0.25) is 5.02 Å². The molecule has 0 saturated heterocycles. The molecule has 1 N–H and O–H groups in total. The van der Waals surface area contributed by atoms with Crippen LogP contribution in [0.5, 0.6) is 0 Å². The Labute approximate surface area is 138 Å². The second-order valence-corrected chi connectivity index (χ2v) is 7.47. The fourth-order valence-corrected chi connectivity index (χ4v) is 4.29. The molecule has 0 unspecified atom stereocenters. The van der Waals surface area contributed by atoms with Crippen molar-refractivity contribution in [1.82, 2.24) is 0 Å². The Morgan fingerprint density at radius 2 is 1.90 bits per heavy atom. The average molecular weight is 405 g/mol. The van der Waals surface area contributed by atoms with Gasteiger partial charge >= 0.3 is 0 Å².